The van der Waals surface area contributed by atoms with Gasteiger partial charge in [-0.05, 0) is 6.42 Å². The number of rotatable bonds is 3. The lowest BCUT2D eigenvalue weighted by Crippen LogP contribution is -2.46. The van der Waals surface area contributed by atoms with Crippen molar-refractivity contribution in [2.24, 2.45) is 0 Å². The van der Waals surface area contributed by atoms with Crippen LogP contribution in [0.3, 0.4) is 0 Å². The minimum Gasteiger partial charge on any atom is -0.377 e. The van der Waals surface area contributed by atoms with Crippen molar-refractivity contribution in [3.05, 3.63) is 18.0 Å². The van der Waals surface area contributed by atoms with Crippen LogP contribution in [0.25, 0.3) is 0 Å². The van der Waals surface area contributed by atoms with Crippen LogP contribution in [0.5, 0.6) is 0 Å². The molecule has 1 aromatic heterocycles. The number of hydrogen-bond donors (Lipinski definition) is 0. The van der Waals surface area contributed by atoms with Gasteiger partial charge in [-0.25, -0.2) is 9.97 Å². The number of carbonyl (C=O) groups excluding carboxylic acids is 1. The predicted molar refractivity (Wildman–Crippen MR) is 59.7 cm³/mol. The Morgan fingerprint density at radius 2 is 2.31 bits per heavy atom. The highest BCUT2D eigenvalue weighted by atomic mass is 16.5. The van der Waals surface area contributed by atoms with Gasteiger partial charge in [0.05, 0.1) is 24.8 Å². The fraction of sp³-hybridized carbons (Fsp3) is 0.545. The summed E-state index contributed by atoms with van der Waals surface area (Å²) in [6, 6.07) is 0.329. The van der Waals surface area contributed by atoms with Crippen LogP contribution >= 0.6 is 0 Å². The smallest absolute Gasteiger partial charge is 0.225 e. The summed E-state index contributed by atoms with van der Waals surface area (Å²) in [4.78, 5) is 21.0. The topological polar surface area (TPSA) is 55.3 Å². The molecule has 0 spiro atoms. The Morgan fingerprint density at radius 1 is 1.56 bits per heavy atom. The summed E-state index contributed by atoms with van der Waals surface area (Å²) >= 11 is 0. The van der Waals surface area contributed by atoms with E-state index >= 15 is 0 Å². The van der Waals surface area contributed by atoms with Gasteiger partial charge in [-0.1, -0.05) is 6.92 Å². The van der Waals surface area contributed by atoms with Gasteiger partial charge in [0.2, 0.25) is 5.95 Å². The van der Waals surface area contributed by atoms with Crippen LogP contribution < -0.4 is 4.90 Å². The summed E-state index contributed by atoms with van der Waals surface area (Å²) in [6.45, 7) is 4.34. The van der Waals surface area contributed by atoms with Crippen LogP contribution in [-0.2, 0) is 4.74 Å². The van der Waals surface area contributed by atoms with Crippen molar-refractivity contribution in [2.75, 3.05) is 24.7 Å². The van der Waals surface area contributed by atoms with Gasteiger partial charge in [0.1, 0.15) is 0 Å². The lowest BCUT2D eigenvalue weighted by atomic mass is 10.2. The van der Waals surface area contributed by atoms with E-state index in [1.54, 1.807) is 12.4 Å². The molecule has 1 aromatic rings. The van der Waals surface area contributed by atoms with Crippen molar-refractivity contribution in [1.82, 2.24) is 9.97 Å². The van der Waals surface area contributed by atoms with E-state index < -0.39 is 0 Å². The molecule has 86 valence electrons. The van der Waals surface area contributed by atoms with E-state index in [4.69, 9.17) is 4.74 Å². The van der Waals surface area contributed by atoms with Gasteiger partial charge < -0.3 is 9.64 Å². The van der Waals surface area contributed by atoms with Gasteiger partial charge in [-0.2, -0.15) is 0 Å². The van der Waals surface area contributed by atoms with Gasteiger partial charge in [-0.3, -0.25) is 4.79 Å². The van der Waals surface area contributed by atoms with Gasteiger partial charge >= 0.3 is 0 Å². The number of aromatic nitrogens is 2. The normalized spacial score (nSPS) is 20.8. The summed E-state index contributed by atoms with van der Waals surface area (Å²) in [5.41, 5.74) is 0.505. The minimum atomic E-state index is 0.329. The maximum atomic E-state index is 10.5. The third-order valence-corrected chi connectivity index (χ3v) is 2.75. The van der Waals surface area contributed by atoms with Crippen molar-refractivity contribution >= 4 is 12.2 Å². The van der Waals surface area contributed by atoms with Crippen LogP contribution in [0.15, 0.2) is 12.4 Å². The number of carbonyl (C=O) groups is 1. The summed E-state index contributed by atoms with van der Waals surface area (Å²) in [7, 11) is 0. The zero-order valence-electron chi connectivity index (χ0n) is 9.30. The van der Waals surface area contributed by atoms with E-state index in [1.807, 2.05) is 0 Å². The second kappa shape index (κ2) is 5.03. The first-order valence-electron chi connectivity index (χ1n) is 5.46. The SMILES string of the molecule is CCC1COCCN1c1ncc(C=O)cn1. The molecule has 1 unspecified atom stereocenters. The van der Waals surface area contributed by atoms with Crippen molar-refractivity contribution in [2.45, 2.75) is 19.4 Å². The molecule has 1 saturated heterocycles. The molecule has 0 amide bonds. The molecule has 0 bridgehead atoms. The van der Waals surface area contributed by atoms with Crippen molar-refractivity contribution < 1.29 is 9.53 Å². The zero-order valence-corrected chi connectivity index (χ0v) is 9.30. The molecule has 5 nitrogen and oxygen atoms in total. The molecule has 2 heterocycles. The van der Waals surface area contributed by atoms with E-state index in [0.717, 1.165) is 25.9 Å². The van der Waals surface area contributed by atoms with E-state index in [9.17, 15) is 4.79 Å². The van der Waals surface area contributed by atoms with Gasteiger partial charge in [-0.15, -0.1) is 0 Å². The maximum Gasteiger partial charge on any atom is 0.225 e. The zero-order chi connectivity index (χ0) is 11.4. The highest BCUT2D eigenvalue weighted by Crippen LogP contribution is 2.16. The lowest BCUT2D eigenvalue weighted by molar-refractivity contribution is 0.0921. The average Bonchev–Trinajstić information content (AvgIpc) is 2.39. The van der Waals surface area contributed by atoms with E-state index in [-0.39, 0.29) is 0 Å². The fourth-order valence-corrected chi connectivity index (χ4v) is 1.80. The van der Waals surface area contributed by atoms with E-state index in [1.165, 1.54) is 0 Å². The second-order valence-electron chi connectivity index (χ2n) is 3.76. The number of aldehydes is 1. The molecule has 16 heavy (non-hydrogen) atoms. The number of morpholine rings is 1. The molecule has 0 radical (unpaired) electrons. The van der Waals surface area contributed by atoms with Crippen molar-refractivity contribution in [3.63, 3.8) is 0 Å². The molecule has 1 aliphatic rings. The van der Waals surface area contributed by atoms with Crippen molar-refractivity contribution in [1.29, 1.82) is 0 Å². The Bertz CT molecular complexity index is 353. The second-order valence-corrected chi connectivity index (χ2v) is 3.76. The average molecular weight is 221 g/mol. The quantitative estimate of drug-likeness (QED) is 0.710. The molecule has 2 rings (SSSR count). The van der Waals surface area contributed by atoms with E-state index in [2.05, 4.69) is 21.8 Å². The third kappa shape index (κ3) is 2.19. The molecule has 0 N–H and O–H groups in total. The van der Waals surface area contributed by atoms with Crippen LogP contribution in [-0.4, -0.2) is 42.1 Å². The van der Waals surface area contributed by atoms with Gasteiger partial charge in [0.25, 0.3) is 0 Å². The molecule has 1 atom stereocenters. The van der Waals surface area contributed by atoms with Crippen LogP contribution in [0.4, 0.5) is 5.95 Å². The molecule has 0 aliphatic carbocycles. The van der Waals surface area contributed by atoms with E-state index in [0.29, 0.717) is 24.2 Å². The summed E-state index contributed by atoms with van der Waals surface area (Å²) in [5.74, 6) is 0.681. The number of ether oxygens (including phenoxy) is 1. The lowest BCUT2D eigenvalue weighted by Gasteiger charge is -2.34. The van der Waals surface area contributed by atoms with Crippen LogP contribution in [0.2, 0.25) is 0 Å². The summed E-state index contributed by atoms with van der Waals surface area (Å²) < 4.78 is 5.42. The molecule has 0 saturated carbocycles. The van der Waals surface area contributed by atoms with Crippen LogP contribution in [0, 0.1) is 0 Å². The monoisotopic (exact) mass is 221 g/mol. The Balaban J connectivity index is 2.17. The Labute approximate surface area is 94.5 Å². The molecule has 5 heteroatoms. The Kier molecular flexibility index (Phi) is 3.46. The number of hydrogen-bond acceptors (Lipinski definition) is 5. The van der Waals surface area contributed by atoms with Gasteiger partial charge in [0, 0.05) is 18.9 Å². The Morgan fingerprint density at radius 3 is 2.94 bits per heavy atom. The molecule has 1 fully saturated rings. The fourth-order valence-electron chi connectivity index (χ4n) is 1.80. The standard InChI is InChI=1S/C11H15N3O2/c1-2-10-8-16-4-3-14(10)11-12-5-9(7-15)6-13-11/h5-7,10H,2-4,8H2,1H3. The molecule has 0 aromatic carbocycles. The molecular weight excluding hydrogens is 206 g/mol. The first-order valence-corrected chi connectivity index (χ1v) is 5.46. The van der Waals surface area contributed by atoms with Crippen LogP contribution in [0.1, 0.15) is 23.7 Å². The Hall–Kier alpha value is -1.49. The number of anilines is 1. The predicted octanol–water partition coefficient (Wildman–Crippen LogP) is 0.904. The largest absolute Gasteiger partial charge is 0.377 e. The summed E-state index contributed by atoms with van der Waals surface area (Å²) in [6.07, 6.45) is 4.86. The van der Waals surface area contributed by atoms with Gasteiger partial charge in [0.15, 0.2) is 6.29 Å². The maximum absolute atomic E-state index is 10.5. The first kappa shape index (κ1) is 11.0. The highest BCUT2D eigenvalue weighted by Gasteiger charge is 2.23. The van der Waals surface area contributed by atoms with Crippen molar-refractivity contribution in [3.8, 4) is 0 Å². The molecule has 1 aliphatic heterocycles. The summed E-state index contributed by atoms with van der Waals surface area (Å²) in [5, 5.41) is 0. The minimum absolute atomic E-state index is 0.329. The number of nitrogens with zero attached hydrogens (tertiary/aromatic N) is 3. The highest BCUT2D eigenvalue weighted by molar-refractivity contribution is 5.73. The third-order valence-electron chi connectivity index (χ3n) is 2.75. The first-order chi connectivity index (χ1) is 7.85. The molecular formula is C11H15N3O2.